The van der Waals surface area contributed by atoms with Crippen molar-refractivity contribution in [2.45, 2.75) is 6.18 Å². The highest BCUT2D eigenvalue weighted by Crippen LogP contribution is 2.29. The highest BCUT2D eigenvalue weighted by molar-refractivity contribution is 5.94. The molecule has 1 aromatic carbocycles. The Hall–Kier alpha value is -2.35. The van der Waals surface area contributed by atoms with Gasteiger partial charge in [0.2, 0.25) is 11.8 Å². The first-order valence-corrected chi connectivity index (χ1v) is 7.10. The van der Waals surface area contributed by atoms with Crippen molar-refractivity contribution in [2.24, 2.45) is 0 Å². The third-order valence-electron chi connectivity index (χ3n) is 3.14. The summed E-state index contributed by atoms with van der Waals surface area (Å²) < 4.78 is 42.1. The summed E-state index contributed by atoms with van der Waals surface area (Å²) in [5.74, 6) is -0.785. The van der Waals surface area contributed by atoms with Gasteiger partial charge < -0.3 is 15.0 Å². The van der Waals surface area contributed by atoms with Crippen LogP contribution in [0.4, 0.5) is 13.2 Å². The molecule has 0 fully saturated rings. The van der Waals surface area contributed by atoms with E-state index in [1.807, 2.05) is 0 Å². The van der Waals surface area contributed by atoms with Crippen LogP contribution in [0.3, 0.4) is 0 Å². The van der Waals surface area contributed by atoms with Gasteiger partial charge in [-0.05, 0) is 23.8 Å². The lowest BCUT2D eigenvalue weighted by molar-refractivity contribution is -0.137. The van der Waals surface area contributed by atoms with Crippen molar-refractivity contribution < 1.29 is 27.5 Å². The van der Waals surface area contributed by atoms with E-state index in [1.165, 1.54) is 30.2 Å². The van der Waals surface area contributed by atoms with Gasteiger partial charge in [-0.2, -0.15) is 13.2 Å². The molecule has 0 atom stereocenters. The number of alkyl halides is 3. The standard InChI is InChI=1S/C16H19F3N2O3/c1-21(9-10-24-2)15(23)11-20-14(22)8-5-12-3-6-13(7-4-12)16(17,18)19/h3-8H,9-11H2,1-2H3,(H,20,22). The Morgan fingerprint density at radius 2 is 1.88 bits per heavy atom. The largest absolute Gasteiger partial charge is 0.416 e. The van der Waals surface area contributed by atoms with Gasteiger partial charge in [0.15, 0.2) is 0 Å². The zero-order chi connectivity index (χ0) is 18.2. The maximum absolute atomic E-state index is 12.4. The fourth-order valence-electron chi connectivity index (χ4n) is 1.66. The first-order valence-electron chi connectivity index (χ1n) is 7.10. The van der Waals surface area contributed by atoms with E-state index in [-0.39, 0.29) is 12.5 Å². The second-order valence-corrected chi connectivity index (χ2v) is 4.98. The van der Waals surface area contributed by atoms with Crippen molar-refractivity contribution in [1.29, 1.82) is 0 Å². The molecule has 0 saturated heterocycles. The number of nitrogens with zero attached hydrogens (tertiary/aromatic N) is 1. The van der Waals surface area contributed by atoms with Gasteiger partial charge in [-0.3, -0.25) is 9.59 Å². The molecule has 1 N–H and O–H groups in total. The van der Waals surface area contributed by atoms with Crippen molar-refractivity contribution in [3.63, 3.8) is 0 Å². The second-order valence-electron chi connectivity index (χ2n) is 4.98. The van der Waals surface area contributed by atoms with Crippen LogP contribution in [0.25, 0.3) is 6.08 Å². The predicted octanol–water partition coefficient (Wildman–Crippen LogP) is 1.94. The number of carbonyl (C=O) groups is 2. The molecular weight excluding hydrogens is 325 g/mol. The van der Waals surface area contributed by atoms with Crippen molar-refractivity contribution in [2.75, 3.05) is 33.9 Å². The van der Waals surface area contributed by atoms with Gasteiger partial charge in [-0.25, -0.2) is 0 Å². The van der Waals surface area contributed by atoms with E-state index < -0.39 is 17.6 Å². The molecule has 132 valence electrons. The van der Waals surface area contributed by atoms with Gasteiger partial charge in [-0.1, -0.05) is 12.1 Å². The van der Waals surface area contributed by atoms with Gasteiger partial charge in [-0.15, -0.1) is 0 Å². The molecule has 24 heavy (non-hydrogen) atoms. The summed E-state index contributed by atoms with van der Waals surface area (Å²) >= 11 is 0. The smallest absolute Gasteiger partial charge is 0.383 e. The molecule has 2 amide bonds. The van der Waals surface area contributed by atoms with Gasteiger partial charge in [0.25, 0.3) is 0 Å². The van der Waals surface area contributed by atoms with Crippen LogP contribution in [0, 0.1) is 0 Å². The molecule has 0 aliphatic carbocycles. The van der Waals surface area contributed by atoms with Crippen LogP contribution in [0.1, 0.15) is 11.1 Å². The Morgan fingerprint density at radius 1 is 1.25 bits per heavy atom. The van der Waals surface area contributed by atoms with Crippen LogP contribution >= 0.6 is 0 Å². The van der Waals surface area contributed by atoms with E-state index in [9.17, 15) is 22.8 Å². The molecule has 1 rings (SSSR count). The Bertz CT molecular complexity index is 583. The average Bonchev–Trinajstić information content (AvgIpc) is 2.55. The SMILES string of the molecule is COCCN(C)C(=O)CNC(=O)C=Cc1ccc(C(F)(F)F)cc1. The molecule has 0 aromatic heterocycles. The summed E-state index contributed by atoms with van der Waals surface area (Å²) in [5.41, 5.74) is -0.310. The van der Waals surface area contributed by atoms with Crippen molar-refractivity contribution in [1.82, 2.24) is 10.2 Å². The molecular formula is C16H19F3N2O3. The fraction of sp³-hybridized carbons (Fsp3) is 0.375. The molecule has 1 aromatic rings. The summed E-state index contributed by atoms with van der Waals surface area (Å²) in [6, 6.07) is 4.39. The summed E-state index contributed by atoms with van der Waals surface area (Å²) in [5, 5.41) is 2.41. The molecule has 0 heterocycles. The third-order valence-corrected chi connectivity index (χ3v) is 3.14. The highest BCUT2D eigenvalue weighted by atomic mass is 19.4. The minimum Gasteiger partial charge on any atom is -0.383 e. The third kappa shape index (κ3) is 6.82. The normalized spacial score (nSPS) is 11.5. The van der Waals surface area contributed by atoms with E-state index in [0.717, 1.165) is 18.2 Å². The Kier molecular flexibility index (Phi) is 7.44. The minimum atomic E-state index is -4.39. The average molecular weight is 344 g/mol. The molecule has 0 saturated carbocycles. The lowest BCUT2D eigenvalue weighted by atomic mass is 10.1. The summed E-state index contributed by atoms with van der Waals surface area (Å²) in [7, 11) is 3.11. The van der Waals surface area contributed by atoms with E-state index in [4.69, 9.17) is 4.74 Å². The number of carbonyl (C=O) groups excluding carboxylic acids is 2. The number of hydrogen-bond acceptors (Lipinski definition) is 3. The zero-order valence-electron chi connectivity index (χ0n) is 13.4. The second kappa shape index (κ2) is 9.07. The van der Waals surface area contributed by atoms with E-state index in [0.29, 0.717) is 18.7 Å². The summed E-state index contributed by atoms with van der Waals surface area (Å²) in [4.78, 5) is 24.7. The van der Waals surface area contributed by atoms with Crippen molar-refractivity contribution in [3.05, 3.63) is 41.5 Å². The molecule has 0 bridgehead atoms. The van der Waals surface area contributed by atoms with Crippen molar-refractivity contribution in [3.8, 4) is 0 Å². The Morgan fingerprint density at radius 3 is 2.42 bits per heavy atom. The monoisotopic (exact) mass is 344 g/mol. The number of benzene rings is 1. The number of likely N-dealkylation sites (N-methyl/N-ethyl adjacent to an activating group) is 1. The van der Waals surface area contributed by atoms with Gasteiger partial charge in [0.1, 0.15) is 0 Å². The van der Waals surface area contributed by atoms with E-state index in [1.54, 1.807) is 7.05 Å². The van der Waals surface area contributed by atoms with Crippen molar-refractivity contribution >= 4 is 17.9 Å². The first kappa shape index (κ1) is 19.7. The number of halogens is 3. The lowest BCUT2D eigenvalue weighted by Gasteiger charge is -2.16. The number of ether oxygens (including phenoxy) is 1. The fourth-order valence-corrected chi connectivity index (χ4v) is 1.66. The molecule has 0 aliphatic rings. The van der Waals surface area contributed by atoms with Crippen LogP contribution in [0.15, 0.2) is 30.3 Å². The zero-order valence-corrected chi connectivity index (χ0v) is 13.4. The number of hydrogen-bond donors (Lipinski definition) is 1. The van der Waals surface area contributed by atoms with Crippen LogP contribution in [0.2, 0.25) is 0 Å². The summed E-state index contributed by atoms with van der Waals surface area (Å²) in [6.07, 6.45) is -1.87. The van der Waals surface area contributed by atoms with Gasteiger partial charge >= 0.3 is 6.18 Å². The quantitative estimate of drug-likeness (QED) is 0.769. The van der Waals surface area contributed by atoms with E-state index in [2.05, 4.69) is 5.32 Å². The Labute approximate surface area is 138 Å². The minimum absolute atomic E-state index is 0.170. The number of rotatable bonds is 7. The molecule has 0 radical (unpaired) electrons. The maximum Gasteiger partial charge on any atom is 0.416 e. The molecule has 0 unspecified atom stereocenters. The predicted molar refractivity (Wildman–Crippen MR) is 83.0 cm³/mol. The number of amides is 2. The number of nitrogens with one attached hydrogen (secondary N) is 1. The van der Waals surface area contributed by atoms with E-state index >= 15 is 0 Å². The number of methoxy groups -OCH3 is 1. The molecule has 8 heteroatoms. The van der Waals surface area contributed by atoms with Gasteiger partial charge in [0.05, 0.1) is 18.7 Å². The van der Waals surface area contributed by atoms with Crippen LogP contribution in [0.5, 0.6) is 0 Å². The first-order chi connectivity index (χ1) is 11.2. The highest BCUT2D eigenvalue weighted by Gasteiger charge is 2.29. The molecule has 0 aliphatic heterocycles. The van der Waals surface area contributed by atoms with Crippen LogP contribution < -0.4 is 5.32 Å². The van der Waals surface area contributed by atoms with Crippen LogP contribution in [-0.4, -0.2) is 50.6 Å². The Balaban J connectivity index is 2.47. The van der Waals surface area contributed by atoms with Crippen LogP contribution in [-0.2, 0) is 20.5 Å². The van der Waals surface area contributed by atoms with Gasteiger partial charge in [0, 0.05) is 26.8 Å². The molecule has 0 spiro atoms. The topological polar surface area (TPSA) is 58.6 Å². The summed E-state index contributed by atoms with van der Waals surface area (Å²) in [6.45, 7) is 0.632. The molecule has 5 nitrogen and oxygen atoms in total. The lowest BCUT2D eigenvalue weighted by Crippen LogP contribution is -2.38. The maximum atomic E-state index is 12.4.